The van der Waals surface area contributed by atoms with Crippen LogP contribution in [0, 0.1) is 0 Å². The van der Waals surface area contributed by atoms with E-state index in [9.17, 15) is 0 Å². The highest BCUT2D eigenvalue weighted by Gasteiger charge is 2.34. The van der Waals surface area contributed by atoms with Gasteiger partial charge < -0.3 is 0 Å². The SMILES string of the molecule is ClC(Cl)(Cl)[Si]1CCCCC1. The van der Waals surface area contributed by atoms with E-state index in [4.69, 9.17) is 34.8 Å². The predicted molar refractivity (Wildman–Crippen MR) is 49.5 cm³/mol. The maximum Gasteiger partial charge on any atom is 0.174 e. The van der Waals surface area contributed by atoms with E-state index in [-0.39, 0.29) is 0 Å². The van der Waals surface area contributed by atoms with Crippen molar-refractivity contribution in [3.05, 3.63) is 0 Å². The van der Waals surface area contributed by atoms with Crippen LogP contribution in [-0.4, -0.2) is 12.2 Å². The summed E-state index contributed by atoms with van der Waals surface area (Å²) in [4.78, 5) is 0. The molecule has 1 fully saturated rings. The summed E-state index contributed by atoms with van der Waals surface area (Å²) in [5.41, 5.74) is 0. The first-order chi connectivity index (χ1) is 4.61. The summed E-state index contributed by atoms with van der Waals surface area (Å²) >= 11 is 17.4. The minimum Gasteiger partial charge on any atom is -0.0886 e. The molecule has 0 atom stereocenters. The van der Waals surface area contributed by atoms with Crippen molar-refractivity contribution in [2.24, 2.45) is 0 Å². The number of hydrogen-bond donors (Lipinski definition) is 0. The van der Waals surface area contributed by atoms with Gasteiger partial charge in [0.1, 0.15) is 8.80 Å². The lowest BCUT2D eigenvalue weighted by Crippen LogP contribution is -2.32. The standard InChI is InChI=1S/C6H10Cl3Si/c7-6(8,9)10-4-2-1-3-5-10/h1-5H2. The third-order valence-corrected chi connectivity index (χ3v) is 6.98. The summed E-state index contributed by atoms with van der Waals surface area (Å²) < 4.78 is -0.912. The number of halogens is 3. The van der Waals surface area contributed by atoms with E-state index in [0.29, 0.717) is 0 Å². The second-order valence-electron chi connectivity index (χ2n) is 2.66. The van der Waals surface area contributed by atoms with Crippen molar-refractivity contribution in [2.75, 3.05) is 0 Å². The number of rotatable bonds is 0. The van der Waals surface area contributed by atoms with Crippen LogP contribution in [0.1, 0.15) is 19.3 Å². The molecular formula is C6H10Cl3Si. The Morgan fingerprint density at radius 1 is 0.900 bits per heavy atom. The fourth-order valence-corrected chi connectivity index (χ4v) is 5.13. The fourth-order valence-electron chi connectivity index (χ4n) is 1.26. The highest BCUT2D eigenvalue weighted by atomic mass is 35.6. The molecule has 0 aromatic heterocycles. The molecule has 1 aliphatic rings. The van der Waals surface area contributed by atoms with Crippen LogP contribution in [0.4, 0.5) is 0 Å². The molecule has 0 spiro atoms. The molecule has 10 heavy (non-hydrogen) atoms. The van der Waals surface area contributed by atoms with E-state index in [2.05, 4.69) is 0 Å². The van der Waals surface area contributed by atoms with Gasteiger partial charge in [0.2, 0.25) is 0 Å². The van der Waals surface area contributed by atoms with Gasteiger partial charge in [0.15, 0.2) is 3.42 Å². The van der Waals surface area contributed by atoms with Crippen molar-refractivity contribution in [1.82, 2.24) is 0 Å². The maximum atomic E-state index is 5.79. The second-order valence-corrected chi connectivity index (χ2v) is 8.85. The zero-order valence-corrected chi connectivity index (χ0v) is 8.94. The highest BCUT2D eigenvalue weighted by molar-refractivity contribution is 6.95. The molecule has 0 amide bonds. The monoisotopic (exact) mass is 215 g/mol. The van der Waals surface area contributed by atoms with Gasteiger partial charge in [0.05, 0.1) is 0 Å². The Balaban J connectivity index is 2.39. The van der Waals surface area contributed by atoms with Gasteiger partial charge >= 0.3 is 0 Å². The highest BCUT2D eigenvalue weighted by Crippen LogP contribution is 2.37. The summed E-state index contributed by atoms with van der Waals surface area (Å²) in [6.07, 6.45) is 3.86. The van der Waals surface area contributed by atoms with Gasteiger partial charge in [0, 0.05) is 0 Å². The van der Waals surface area contributed by atoms with Crippen molar-refractivity contribution in [3.8, 4) is 0 Å². The van der Waals surface area contributed by atoms with Crippen molar-refractivity contribution < 1.29 is 0 Å². The van der Waals surface area contributed by atoms with Crippen LogP contribution in [0.25, 0.3) is 0 Å². The molecule has 1 aliphatic heterocycles. The molecule has 59 valence electrons. The van der Waals surface area contributed by atoms with Gasteiger partial charge in [-0.05, 0) is 0 Å². The molecule has 0 unspecified atom stereocenters. The Morgan fingerprint density at radius 3 is 1.70 bits per heavy atom. The van der Waals surface area contributed by atoms with Crippen LogP contribution in [0.15, 0.2) is 0 Å². The van der Waals surface area contributed by atoms with E-state index in [1.165, 1.54) is 31.4 Å². The van der Waals surface area contributed by atoms with Gasteiger partial charge in [-0.15, -0.1) is 0 Å². The molecule has 0 aromatic carbocycles. The van der Waals surface area contributed by atoms with Crippen molar-refractivity contribution >= 4 is 43.6 Å². The summed E-state index contributed by atoms with van der Waals surface area (Å²) in [6, 6.07) is 2.36. The lowest BCUT2D eigenvalue weighted by Gasteiger charge is -2.25. The van der Waals surface area contributed by atoms with Gasteiger partial charge in [0.25, 0.3) is 0 Å². The normalized spacial score (nSPS) is 23.1. The van der Waals surface area contributed by atoms with E-state index in [0.717, 1.165) is 0 Å². The molecule has 0 bridgehead atoms. The number of hydrogen-bond acceptors (Lipinski definition) is 0. The average molecular weight is 217 g/mol. The minimum atomic E-state index is -0.912. The molecule has 0 aromatic rings. The minimum absolute atomic E-state index is 0.667. The van der Waals surface area contributed by atoms with E-state index >= 15 is 0 Å². The fraction of sp³-hybridized carbons (Fsp3) is 1.00. The molecule has 1 saturated heterocycles. The van der Waals surface area contributed by atoms with E-state index in [1.54, 1.807) is 0 Å². The quantitative estimate of drug-likeness (QED) is 0.429. The maximum absolute atomic E-state index is 5.79. The van der Waals surface area contributed by atoms with Crippen LogP contribution in [0.5, 0.6) is 0 Å². The largest absolute Gasteiger partial charge is 0.174 e. The average Bonchev–Trinajstić information content (AvgIpc) is 1.88. The van der Waals surface area contributed by atoms with Crippen molar-refractivity contribution in [3.63, 3.8) is 0 Å². The van der Waals surface area contributed by atoms with E-state index < -0.39 is 12.2 Å². The molecule has 1 heterocycles. The lowest BCUT2D eigenvalue weighted by atomic mass is 10.3. The molecule has 0 nitrogen and oxygen atoms in total. The van der Waals surface area contributed by atoms with Gasteiger partial charge in [-0.1, -0.05) is 66.2 Å². The molecule has 0 aliphatic carbocycles. The van der Waals surface area contributed by atoms with Crippen molar-refractivity contribution in [2.45, 2.75) is 34.8 Å². The molecule has 4 heteroatoms. The number of alkyl halides is 3. The Kier molecular flexibility index (Phi) is 3.36. The lowest BCUT2D eigenvalue weighted by molar-refractivity contribution is 0.721. The Morgan fingerprint density at radius 2 is 1.40 bits per heavy atom. The first-order valence-corrected chi connectivity index (χ1v) is 6.57. The van der Waals surface area contributed by atoms with Gasteiger partial charge in [-0.25, -0.2) is 0 Å². The van der Waals surface area contributed by atoms with Gasteiger partial charge in [-0.2, -0.15) is 0 Å². The van der Waals surface area contributed by atoms with Crippen LogP contribution < -0.4 is 0 Å². The van der Waals surface area contributed by atoms with Crippen LogP contribution in [0.2, 0.25) is 12.1 Å². The zero-order valence-electron chi connectivity index (χ0n) is 5.67. The smallest absolute Gasteiger partial charge is 0.0886 e. The topological polar surface area (TPSA) is 0 Å². The third kappa shape index (κ3) is 2.61. The van der Waals surface area contributed by atoms with Gasteiger partial charge in [-0.3, -0.25) is 0 Å². The Bertz CT molecular complexity index is 104. The predicted octanol–water partition coefficient (Wildman–Crippen LogP) is 3.57. The molecule has 1 radical (unpaired) electrons. The summed E-state index contributed by atoms with van der Waals surface area (Å²) in [5.74, 6) is 0. The first-order valence-electron chi connectivity index (χ1n) is 3.52. The third-order valence-electron chi connectivity index (χ3n) is 1.86. The Hall–Kier alpha value is 1.09. The van der Waals surface area contributed by atoms with Crippen LogP contribution in [0.3, 0.4) is 0 Å². The summed E-state index contributed by atoms with van der Waals surface area (Å²) in [5, 5.41) is 0. The molecule has 0 saturated carbocycles. The Labute approximate surface area is 78.4 Å². The van der Waals surface area contributed by atoms with Crippen LogP contribution >= 0.6 is 34.8 Å². The first kappa shape index (κ1) is 9.18. The molecule has 0 N–H and O–H groups in total. The van der Waals surface area contributed by atoms with E-state index in [1.807, 2.05) is 0 Å². The zero-order chi connectivity index (χ0) is 7.61. The molecule has 1 rings (SSSR count). The van der Waals surface area contributed by atoms with Crippen molar-refractivity contribution in [1.29, 1.82) is 0 Å². The van der Waals surface area contributed by atoms with Crippen LogP contribution in [-0.2, 0) is 0 Å². The summed E-state index contributed by atoms with van der Waals surface area (Å²) in [6.45, 7) is 0. The summed E-state index contributed by atoms with van der Waals surface area (Å²) in [7, 11) is -0.667. The molecular weight excluding hydrogens is 207 g/mol. The second kappa shape index (κ2) is 3.66.